The van der Waals surface area contributed by atoms with Gasteiger partial charge in [0.2, 0.25) is 0 Å². The maximum atomic E-state index is 8.58. The summed E-state index contributed by atoms with van der Waals surface area (Å²) >= 11 is 0. The van der Waals surface area contributed by atoms with Crippen molar-refractivity contribution < 1.29 is 5.11 Å². The van der Waals surface area contributed by atoms with Crippen LogP contribution in [0.2, 0.25) is 0 Å². The molecule has 1 aromatic rings. The first-order chi connectivity index (χ1) is 6.26. The molecule has 0 aromatic carbocycles. The summed E-state index contributed by atoms with van der Waals surface area (Å²) in [5.41, 5.74) is 2.43. The first-order valence-electron chi connectivity index (χ1n) is 3.93. The second-order valence-corrected chi connectivity index (χ2v) is 2.48. The molecule has 1 aromatic heterocycles. The van der Waals surface area contributed by atoms with Crippen LogP contribution in [0.5, 0.6) is 0 Å². The molecule has 0 saturated heterocycles. The van der Waals surface area contributed by atoms with Gasteiger partial charge in [0.15, 0.2) is 0 Å². The van der Waals surface area contributed by atoms with Gasteiger partial charge in [0, 0.05) is 12.6 Å². The topological polar surface area (TPSA) is 96.1 Å². The highest BCUT2D eigenvalue weighted by Crippen LogP contribution is 2.08. The molecule has 72 valence electrons. The molecule has 13 heavy (non-hydrogen) atoms. The Hall–Kier alpha value is -1.40. The smallest absolute Gasteiger partial charge is 0.145 e. The quantitative estimate of drug-likeness (QED) is 0.370. The van der Waals surface area contributed by atoms with Crippen molar-refractivity contribution in [1.82, 2.24) is 9.97 Å². The van der Waals surface area contributed by atoms with E-state index in [1.165, 1.54) is 0 Å². The average Bonchev–Trinajstić information content (AvgIpc) is 2.14. The van der Waals surface area contributed by atoms with E-state index in [-0.39, 0.29) is 6.61 Å². The largest absolute Gasteiger partial charge is 0.395 e. The average molecular weight is 183 g/mol. The second kappa shape index (κ2) is 4.58. The summed E-state index contributed by atoms with van der Waals surface area (Å²) in [7, 11) is 0. The monoisotopic (exact) mass is 183 g/mol. The Bertz CT molecular complexity index is 278. The Kier molecular flexibility index (Phi) is 3.41. The van der Waals surface area contributed by atoms with Crippen molar-refractivity contribution in [3.05, 3.63) is 11.9 Å². The van der Waals surface area contributed by atoms with Gasteiger partial charge in [0.25, 0.3) is 0 Å². The first-order valence-corrected chi connectivity index (χ1v) is 3.93. The highest BCUT2D eigenvalue weighted by atomic mass is 16.3. The lowest BCUT2D eigenvalue weighted by Gasteiger charge is -2.06. The molecule has 5 N–H and O–H groups in total. The molecular weight excluding hydrogens is 170 g/mol. The van der Waals surface area contributed by atoms with E-state index in [1.54, 1.807) is 13.0 Å². The number of nitrogens with one attached hydrogen (secondary N) is 2. The van der Waals surface area contributed by atoms with Gasteiger partial charge in [0.1, 0.15) is 17.5 Å². The summed E-state index contributed by atoms with van der Waals surface area (Å²) in [6, 6.07) is 1.67. The molecule has 0 atom stereocenters. The fraction of sp³-hybridized carbons (Fsp3) is 0.429. The molecule has 0 amide bonds. The van der Waals surface area contributed by atoms with Gasteiger partial charge in [-0.1, -0.05) is 0 Å². The number of aliphatic hydroxyl groups is 1. The van der Waals surface area contributed by atoms with Crippen LogP contribution in [0.15, 0.2) is 6.07 Å². The summed E-state index contributed by atoms with van der Waals surface area (Å²) in [6.07, 6.45) is 0. The molecule has 0 radical (unpaired) electrons. The number of rotatable bonds is 4. The van der Waals surface area contributed by atoms with Crippen LogP contribution in [0.4, 0.5) is 11.6 Å². The van der Waals surface area contributed by atoms with Crippen LogP contribution in [0, 0.1) is 6.92 Å². The number of aliphatic hydroxyl groups excluding tert-OH is 1. The Morgan fingerprint density at radius 3 is 2.77 bits per heavy atom. The second-order valence-electron chi connectivity index (χ2n) is 2.48. The molecule has 6 nitrogen and oxygen atoms in total. The Balaban J connectivity index is 2.76. The molecular formula is C7H13N5O. The van der Waals surface area contributed by atoms with Crippen molar-refractivity contribution in [2.45, 2.75) is 6.92 Å². The summed E-state index contributed by atoms with van der Waals surface area (Å²) in [4.78, 5) is 8.10. The minimum Gasteiger partial charge on any atom is -0.395 e. The van der Waals surface area contributed by atoms with Crippen LogP contribution in [-0.4, -0.2) is 28.2 Å². The highest BCUT2D eigenvalue weighted by Gasteiger charge is 1.98. The van der Waals surface area contributed by atoms with E-state index in [0.717, 1.165) is 0 Å². The molecule has 1 rings (SSSR count). The van der Waals surface area contributed by atoms with Crippen LogP contribution in [0.1, 0.15) is 5.82 Å². The molecule has 0 saturated carbocycles. The molecule has 0 aliphatic rings. The third-order valence-corrected chi connectivity index (χ3v) is 1.40. The van der Waals surface area contributed by atoms with Gasteiger partial charge < -0.3 is 15.8 Å². The summed E-state index contributed by atoms with van der Waals surface area (Å²) in [6.45, 7) is 2.29. The minimum atomic E-state index is 0.0639. The van der Waals surface area contributed by atoms with E-state index in [0.29, 0.717) is 24.0 Å². The van der Waals surface area contributed by atoms with Crippen molar-refractivity contribution in [3.8, 4) is 0 Å². The highest BCUT2D eigenvalue weighted by molar-refractivity contribution is 5.46. The predicted octanol–water partition coefficient (Wildman–Crippen LogP) is -0.525. The standard InChI is InChI=1S/C7H13N5O/c1-5-10-6(9-2-3-13)4-7(11-5)12-8/h4,13H,2-3,8H2,1H3,(H2,9,10,11,12). The normalized spacial score (nSPS) is 9.77. The van der Waals surface area contributed by atoms with Crippen LogP contribution in [0.3, 0.4) is 0 Å². The van der Waals surface area contributed by atoms with E-state index in [1.807, 2.05) is 0 Å². The Morgan fingerprint density at radius 2 is 2.15 bits per heavy atom. The number of nitrogens with two attached hydrogens (primary N) is 1. The summed E-state index contributed by atoms with van der Waals surface area (Å²) < 4.78 is 0. The van der Waals surface area contributed by atoms with Gasteiger partial charge in [-0.05, 0) is 6.92 Å². The van der Waals surface area contributed by atoms with E-state index in [4.69, 9.17) is 10.9 Å². The van der Waals surface area contributed by atoms with Crippen LogP contribution in [0.25, 0.3) is 0 Å². The predicted molar refractivity (Wildman–Crippen MR) is 50.2 cm³/mol. The number of nitrogens with zero attached hydrogens (tertiary/aromatic N) is 2. The molecule has 0 bridgehead atoms. The third kappa shape index (κ3) is 2.85. The van der Waals surface area contributed by atoms with Gasteiger partial charge in [0.05, 0.1) is 6.61 Å². The van der Waals surface area contributed by atoms with Crippen molar-refractivity contribution in [3.63, 3.8) is 0 Å². The van der Waals surface area contributed by atoms with E-state index in [2.05, 4.69) is 20.7 Å². The van der Waals surface area contributed by atoms with Crippen LogP contribution >= 0.6 is 0 Å². The van der Waals surface area contributed by atoms with E-state index in [9.17, 15) is 0 Å². The van der Waals surface area contributed by atoms with E-state index >= 15 is 0 Å². The zero-order valence-corrected chi connectivity index (χ0v) is 7.41. The van der Waals surface area contributed by atoms with Gasteiger partial charge in [-0.15, -0.1) is 0 Å². The van der Waals surface area contributed by atoms with E-state index < -0.39 is 0 Å². The van der Waals surface area contributed by atoms with Gasteiger partial charge in [-0.25, -0.2) is 15.8 Å². The zero-order chi connectivity index (χ0) is 9.68. The van der Waals surface area contributed by atoms with Crippen molar-refractivity contribution >= 4 is 11.6 Å². The number of hydrogen-bond acceptors (Lipinski definition) is 6. The fourth-order valence-corrected chi connectivity index (χ4v) is 0.916. The molecule has 0 aliphatic heterocycles. The number of aromatic nitrogens is 2. The third-order valence-electron chi connectivity index (χ3n) is 1.40. The van der Waals surface area contributed by atoms with Crippen LogP contribution in [-0.2, 0) is 0 Å². The van der Waals surface area contributed by atoms with Gasteiger partial charge in [-0.3, -0.25) is 0 Å². The molecule has 1 heterocycles. The number of aryl methyl sites for hydroxylation is 1. The number of hydrogen-bond donors (Lipinski definition) is 4. The minimum absolute atomic E-state index is 0.0639. The van der Waals surface area contributed by atoms with Gasteiger partial charge >= 0.3 is 0 Å². The molecule has 0 spiro atoms. The van der Waals surface area contributed by atoms with Crippen molar-refractivity contribution in [2.24, 2.45) is 5.84 Å². The number of anilines is 2. The molecule has 6 heteroatoms. The van der Waals surface area contributed by atoms with Crippen molar-refractivity contribution in [1.29, 1.82) is 0 Å². The maximum Gasteiger partial charge on any atom is 0.145 e. The SMILES string of the molecule is Cc1nc(NN)cc(NCCO)n1. The Morgan fingerprint density at radius 1 is 1.46 bits per heavy atom. The Labute approximate surface area is 76.2 Å². The molecule has 0 aliphatic carbocycles. The van der Waals surface area contributed by atoms with Gasteiger partial charge in [-0.2, -0.15) is 0 Å². The summed E-state index contributed by atoms with van der Waals surface area (Å²) in [5.74, 6) is 7.02. The number of hydrazine groups is 1. The lowest BCUT2D eigenvalue weighted by atomic mass is 10.5. The molecule has 0 unspecified atom stereocenters. The summed E-state index contributed by atoms with van der Waals surface area (Å²) in [5, 5.41) is 11.5. The number of nitrogen functional groups attached to an aromatic ring is 1. The fourth-order valence-electron chi connectivity index (χ4n) is 0.916. The lowest BCUT2D eigenvalue weighted by Crippen LogP contribution is -2.12. The maximum absolute atomic E-state index is 8.58. The molecule has 0 fully saturated rings. The zero-order valence-electron chi connectivity index (χ0n) is 7.41. The first kappa shape index (κ1) is 9.69. The van der Waals surface area contributed by atoms with Crippen molar-refractivity contribution in [2.75, 3.05) is 23.9 Å². The van der Waals surface area contributed by atoms with Crippen LogP contribution < -0.4 is 16.6 Å². The lowest BCUT2D eigenvalue weighted by molar-refractivity contribution is 0.311.